The Hall–Kier alpha value is -2.87. The second kappa shape index (κ2) is 7.07. The van der Waals surface area contributed by atoms with Crippen molar-refractivity contribution < 1.29 is 28.6 Å². The van der Waals surface area contributed by atoms with E-state index in [1.807, 2.05) is 24.3 Å². The second-order valence-electron chi connectivity index (χ2n) is 9.13. The molecular weight excluding hydrogens is 412 g/mol. The number of anilines is 1. The maximum absolute atomic E-state index is 13.8. The molecule has 1 amide bonds. The van der Waals surface area contributed by atoms with Gasteiger partial charge in [-0.3, -0.25) is 19.4 Å². The first-order valence-electron chi connectivity index (χ1n) is 11.0. The van der Waals surface area contributed by atoms with Crippen molar-refractivity contribution in [2.24, 2.45) is 5.92 Å². The fourth-order valence-corrected chi connectivity index (χ4v) is 7.08. The largest absolute Gasteiger partial charge is 0.469 e. The summed E-state index contributed by atoms with van der Waals surface area (Å²) in [6.07, 6.45) is 5.74. The lowest BCUT2D eigenvalue weighted by Gasteiger charge is -2.60. The van der Waals surface area contributed by atoms with Crippen LogP contribution < -0.4 is 4.90 Å². The fraction of sp³-hybridized carbons (Fsp3) is 0.542. The Bertz CT molecular complexity index is 1020. The van der Waals surface area contributed by atoms with E-state index in [4.69, 9.17) is 14.2 Å². The van der Waals surface area contributed by atoms with Crippen molar-refractivity contribution >= 4 is 23.7 Å². The molecule has 2 bridgehead atoms. The topological polar surface area (TPSA) is 85.4 Å². The summed E-state index contributed by atoms with van der Waals surface area (Å²) < 4.78 is 15.9. The molecule has 3 fully saturated rings. The highest BCUT2D eigenvalue weighted by molar-refractivity contribution is 6.03. The molecule has 0 aromatic heterocycles. The first kappa shape index (κ1) is 21.0. The van der Waals surface area contributed by atoms with E-state index in [0.29, 0.717) is 43.5 Å². The van der Waals surface area contributed by atoms with Crippen LogP contribution >= 0.6 is 0 Å². The fourth-order valence-electron chi connectivity index (χ4n) is 7.08. The Morgan fingerprint density at radius 3 is 2.50 bits per heavy atom. The predicted molar refractivity (Wildman–Crippen MR) is 115 cm³/mol. The summed E-state index contributed by atoms with van der Waals surface area (Å²) in [5, 5.41) is 0. The third kappa shape index (κ3) is 2.28. The number of rotatable bonds is 2. The van der Waals surface area contributed by atoms with Gasteiger partial charge in [0.15, 0.2) is 0 Å². The molecular formula is C24H28N2O6. The van der Waals surface area contributed by atoms with Gasteiger partial charge in [0, 0.05) is 18.6 Å². The van der Waals surface area contributed by atoms with Crippen LogP contribution in [0.15, 0.2) is 36.4 Å². The molecule has 0 N–H and O–H groups in total. The molecule has 2 spiro atoms. The number of carbonyl (C=O) groups is 3. The molecule has 6 rings (SSSR count). The minimum absolute atomic E-state index is 0.289. The number of fused-ring (bicyclic) bond motifs is 4. The van der Waals surface area contributed by atoms with Gasteiger partial charge in [0.2, 0.25) is 0 Å². The lowest BCUT2D eigenvalue weighted by Crippen LogP contribution is -2.74. The minimum Gasteiger partial charge on any atom is -0.469 e. The van der Waals surface area contributed by atoms with Crippen LogP contribution in [0.3, 0.4) is 0 Å². The number of amides is 1. The number of nitrogens with zero attached hydrogens (tertiary/aromatic N) is 2. The average molecular weight is 440 g/mol. The summed E-state index contributed by atoms with van der Waals surface area (Å²) in [4.78, 5) is 44.4. The highest BCUT2D eigenvalue weighted by atomic mass is 16.5. The molecule has 1 aromatic rings. The van der Waals surface area contributed by atoms with Gasteiger partial charge in [-0.05, 0) is 37.3 Å². The number of hydrogen-bond donors (Lipinski definition) is 0. The molecule has 5 aliphatic rings. The minimum atomic E-state index is -1.22. The van der Waals surface area contributed by atoms with Gasteiger partial charge in [-0.1, -0.05) is 30.4 Å². The quantitative estimate of drug-likeness (QED) is 0.397. The van der Waals surface area contributed by atoms with Crippen molar-refractivity contribution in [1.29, 1.82) is 0 Å². The van der Waals surface area contributed by atoms with Gasteiger partial charge in [-0.2, -0.15) is 0 Å². The molecule has 2 saturated heterocycles. The van der Waals surface area contributed by atoms with Crippen molar-refractivity contribution in [3.8, 4) is 0 Å². The molecule has 1 aliphatic carbocycles. The molecule has 4 heterocycles. The SMILES string of the molecule is COC(=O)C1CC23C=CCN2CCC2(C(=O)OC)c4ccccc4N(C(=O)OC)C12CC3. The maximum Gasteiger partial charge on any atom is 0.414 e. The summed E-state index contributed by atoms with van der Waals surface area (Å²) in [5.74, 6) is -1.61. The van der Waals surface area contributed by atoms with E-state index in [9.17, 15) is 14.4 Å². The Morgan fingerprint density at radius 2 is 1.78 bits per heavy atom. The lowest BCUT2D eigenvalue weighted by molar-refractivity contribution is -0.164. The van der Waals surface area contributed by atoms with Crippen LogP contribution in [0.4, 0.5) is 10.5 Å². The van der Waals surface area contributed by atoms with E-state index in [1.54, 1.807) is 4.90 Å². The molecule has 8 nitrogen and oxygen atoms in total. The van der Waals surface area contributed by atoms with E-state index in [0.717, 1.165) is 6.54 Å². The van der Waals surface area contributed by atoms with E-state index < -0.39 is 34.9 Å². The normalized spacial score (nSPS) is 34.7. The Kier molecular flexibility index (Phi) is 4.64. The Morgan fingerprint density at radius 1 is 1.00 bits per heavy atom. The zero-order valence-corrected chi connectivity index (χ0v) is 18.6. The number of carbonyl (C=O) groups excluding carboxylic acids is 3. The second-order valence-corrected chi connectivity index (χ2v) is 9.13. The standard InChI is InChI=1S/C24H28N2O6/c1-30-19(27)17-15-22-9-6-13-25(22)14-12-23(20(28)31-2)16-7-4-5-8-18(16)26(21(29)32-3)24(17,23)11-10-22/h4-9,17H,10-15H2,1-3H3. The molecule has 1 saturated carbocycles. The first-order valence-corrected chi connectivity index (χ1v) is 11.0. The van der Waals surface area contributed by atoms with E-state index in [-0.39, 0.29) is 5.54 Å². The molecule has 170 valence electrons. The molecule has 8 heteroatoms. The number of esters is 2. The molecule has 4 unspecified atom stereocenters. The van der Waals surface area contributed by atoms with Gasteiger partial charge in [-0.25, -0.2) is 4.79 Å². The molecule has 4 aliphatic heterocycles. The number of hydrogen-bond acceptors (Lipinski definition) is 7. The lowest BCUT2D eigenvalue weighted by atomic mass is 9.51. The number of ether oxygens (including phenoxy) is 3. The zero-order valence-electron chi connectivity index (χ0n) is 18.6. The summed E-state index contributed by atoms with van der Waals surface area (Å²) in [7, 11) is 4.04. The predicted octanol–water partition coefficient (Wildman–Crippen LogP) is 2.41. The van der Waals surface area contributed by atoms with Crippen LogP contribution in [-0.4, -0.2) is 68.4 Å². The third-order valence-corrected chi connectivity index (χ3v) is 8.33. The van der Waals surface area contributed by atoms with E-state index in [1.165, 1.54) is 21.3 Å². The summed E-state index contributed by atoms with van der Waals surface area (Å²) in [6, 6.07) is 7.37. The van der Waals surface area contributed by atoms with Gasteiger partial charge in [-0.15, -0.1) is 0 Å². The van der Waals surface area contributed by atoms with Gasteiger partial charge in [0.1, 0.15) is 5.41 Å². The van der Waals surface area contributed by atoms with Crippen molar-refractivity contribution in [2.45, 2.75) is 42.2 Å². The van der Waals surface area contributed by atoms with Crippen molar-refractivity contribution in [3.63, 3.8) is 0 Å². The Labute approximate surface area is 187 Å². The molecule has 32 heavy (non-hydrogen) atoms. The van der Waals surface area contributed by atoms with Crippen LogP contribution in [0.2, 0.25) is 0 Å². The smallest absolute Gasteiger partial charge is 0.414 e. The highest BCUT2D eigenvalue weighted by Crippen LogP contribution is 2.65. The van der Waals surface area contributed by atoms with Crippen molar-refractivity contribution in [2.75, 3.05) is 39.3 Å². The first-order chi connectivity index (χ1) is 15.4. The van der Waals surface area contributed by atoms with Crippen LogP contribution in [0.1, 0.15) is 31.2 Å². The van der Waals surface area contributed by atoms with Crippen molar-refractivity contribution in [3.05, 3.63) is 42.0 Å². The van der Waals surface area contributed by atoms with Crippen LogP contribution in [0.25, 0.3) is 0 Å². The van der Waals surface area contributed by atoms with Crippen LogP contribution in [0, 0.1) is 5.92 Å². The average Bonchev–Trinajstić information content (AvgIpc) is 3.30. The molecule has 4 atom stereocenters. The van der Waals surface area contributed by atoms with E-state index >= 15 is 0 Å². The summed E-state index contributed by atoms with van der Waals surface area (Å²) >= 11 is 0. The molecule has 1 aromatic carbocycles. The number of benzene rings is 1. The molecule has 0 radical (unpaired) electrons. The zero-order chi connectivity index (χ0) is 22.7. The Balaban J connectivity index is 1.86. The van der Waals surface area contributed by atoms with Gasteiger partial charge in [0.05, 0.1) is 38.5 Å². The third-order valence-electron chi connectivity index (χ3n) is 8.33. The van der Waals surface area contributed by atoms with Crippen LogP contribution in [-0.2, 0) is 29.2 Å². The number of para-hydroxylation sites is 1. The summed E-state index contributed by atoms with van der Waals surface area (Å²) in [5.41, 5.74) is -1.40. The monoisotopic (exact) mass is 440 g/mol. The highest BCUT2D eigenvalue weighted by Gasteiger charge is 2.75. The van der Waals surface area contributed by atoms with Gasteiger partial charge in [0.25, 0.3) is 0 Å². The summed E-state index contributed by atoms with van der Waals surface area (Å²) in [6.45, 7) is 1.40. The van der Waals surface area contributed by atoms with Gasteiger partial charge < -0.3 is 14.2 Å². The van der Waals surface area contributed by atoms with Crippen molar-refractivity contribution in [1.82, 2.24) is 4.90 Å². The van der Waals surface area contributed by atoms with Crippen LogP contribution in [0.5, 0.6) is 0 Å². The van der Waals surface area contributed by atoms with Gasteiger partial charge >= 0.3 is 18.0 Å². The van der Waals surface area contributed by atoms with E-state index in [2.05, 4.69) is 17.1 Å². The number of methoxy groups -OCH3 is 3. The maximum atomic E-state index is 13.8.